The molecule has 1 saturated heterocycles. The summed E-state index contributed by atoms with van der Waals surface area (Å²) >= 11 is 17.2. The minimum absolute atomic E-state index is 0.0686. The molecule has 1 aliphatic heterocycles. The van der Waals surface area contributed by atoms with Gasteiger partial charge in [-0.1, -0.05) is 48.7 Å². The predicted octanol–water partition coefficient (Wildman–Crippen LogP) is 5.68. The van der Waals surface area contributed by atoms with Gasteiger partial charge in [0.15, 0.2) is 0 Å². The van der Waals surface area contributed by atoms with Crippen molar-refractivity contribution in [3.05, 3.63) is 41.6 Å². The van der Waals surface area contributed by atoms with Gasteiger partial charge in [-0.25, -0.2) is 9.37 Å². The molecule has 2 aromatic rings. The van der Waals surface area contributed by atoms with Crippen LogP contribution in [0.25, 0.3) is 11.1 Å². The zero-order chi connectivity index (χ0) is 24.3. The third-order valence-electron chi connectivity index (χ3n) is 4.22. The minimum Gasteiger partial charge on any atom is -0.483 e. The van der Waals surface area contributed by atoms with Crippen LogP contribution in [0.1, 0.15) is 19.4 Å². The molecule has 0 aliphatic carbocycles. The molecule has 3 rings (SSSR count). The lowest BCUT2D eigenvalue weighted by atomic mass is 10.00. The fraction of sp³-hybridized carbons (Fsp3) is 0.429. The third-order valence-corrected chi connectivity index (χ3v) is 4.62. The van der Waals surface area contributed by atoms with Crippen molar-refractivity contribution in [2.24, 2.45) is 0 Å². The van der Waals surface area contributed by atoms with E-state index in [-0.39, 0.29) is 18.7 Å². The zero-order valence-corrected chi connectivity index (χ0v) is 20.2. The van der Waals surface area contributed by atoms with E-state index in [1.165, 1.54) is 12.1 Å². The molecule has 2 heterocycles. The van der Waals surface area contributed by atoms with Gasteiger partial charge >= 0.3 is 0 Å². The maximum absolute atomic E-state index is 14.3. The van der Waals surface area contributed by atoms with Gasteiger partial charge in [-0.05, 0) is 41.8 Å². The molecule has 0 unspecified atom stereocenters. The standard InChI is InChI=1S/C18H18Cl3F2N3O.C2H6.CH2O2/c1-11-6-14(22)15(24-10-18(19,20)21)9-13(11)12-7-16(23)25-17(8-12)26-2-4-27-5-3-26;1-2;2-1-3/h6-9,24H,2-5,10H2,1H3;1-2H3;1H,(H,2,3). The van der Waals surface area contributed by atoms with Crippen molar-refractivity contribution in [3.8, 4) is 11.1 Å². The monoisotopic (exact) mass is 511 g/mol. The fourth-order valence-corrected chi connectivity index (χ4v) is 3.11. The van der Waals surface area contributed by atoms with Crippen molar-refractivity contribution in [3.63, 3.8) is 0 Å². The number of aromatic nitrogens is 1. The second kappa shape index (κ2) is 13.6. The maximum Gasteiger partial charge on any atom is 0.290 e. The molecular formula is C21H26Cl3F2N3O3. The Labute approximate surface area is 201 Å². The molecule has 2 N–H and O–H groups in total. The SMILES string of the molecule is CC.Cc1cc(F)c(NCC(Cl)(Cl)Cl)cc1-c1cc(F)nc(N2CCOCC2)c1.O=CO. The number of hydrogen-bond donors (Lipinski definition) is 2. The van der Waals surface area contributed by atoms with E-state index in [9.17, 15) is 8.78 Å². The Morgan fingerprint density at radius 3 is 2.34 bits per heavy atom. The van der Waals surface area contributed by atoms with E-state index < -0.39 is 15.6 Å². The van der Waals surface area contributed by atoms with Crippen molar-refractivity contribution >= 4 is 52.8 Å². The van der Waals surface area contributed by atoms with E-state index >= 15 is 0 Å². The highest BCUT2D eigenvalue weighted by molar-refractivity contribution is 6.67. The first-order chi connectivity index (χ1) is 15.1. The number of nitrogens with zero attached hydrogens (tertiary/aromatic N) is 2. The summed E-state index contributed by atoms with van der Waals surface area (Å²) in [7, 11) is 0. The minimum atomic E-state index is -1.57. The largest absolute Gasteiger partial charge is 0.483 e. The Morgan fingerprint density at radius 1 is 1.19 bits per heavy atom. The van der Waals surface area contributed by atoms with E-state index in [4.69, 9.17) is 49.4 Å². The lowest BCUT2D eigenvalue weighted by molar-refractivity contribution is -0.122. The van der Waals surface area contributed by atoms with Crippen LogP contribution < -0.4 is 10.2 Å². The Kier molecular flexibility index (Phi) is 12.0. The maximum atomic E-state index is 14.3. The van der Waals surface area contributed by atoms with Gasteiger partial charge < -0.3 is 20.1 Å². The van der Waals surface area contributed by atoms with Gasteiger partial charge in [0, 0.05) is 19.2 Å². The lowest BCUT2D eigenvalue weighted by Crippen LogP contribution is -2.36. The molecule has 1 aromatic heterocycles. The molecule has 0 atom stereocenters. The van der Waals surface area contributed by atoms with Gasteiger partial charge in [-0.3, -0.25) is 4.79 Å². The van der Waals surface area contributed by atoms with Crippen LogP contribution in [0.3, 0.4) is 0 Å². The quantitative estimate of drug-likeness (QED) is 0.312. The molecule has 1 aliphatic rings. The Bertz CT molecular complexity index is 877. The van der Waals surface area contributed by atoms with Crippen molar-refractivity contribution in [1.82, 2.24) is 4.98 Å². The summed E-state index contributed by atoms with van der Waals surface area (Å²) in [6, 6.07) is 6.05. The first-order valence-corrected chi connectivity index (χ1v) is 11.0. The fourth-order valence-electron chi connectivity index (χ4n) is 2.91. The first kappa shape index (κ1) is 28.2. The summed E-state index contributed by atoms with van der Waals surface area (Å²) in [6.07, 6.45) is 0. The van der Waals surface area contributed by atoms with E-state index in [2.05, 4.69) is 10.3 Å². The van der Waals surface area contributed by atoms with Gasteiger partial charge in [-0.15, -0.1) is 0 Å². The Balaban J connectivity index is 0.000000944. The molecular weight excluding hydrogens is 487 g/mol. The highest BCUT2D eigenvalue weighted by Crippen LogP contribution is 2.33. The molecule has 0 bridgehead atoms. The number of carbonyl (C=O) groups is 1. The second-order valence-electron chi connectivity index (χ2n) is 6.36. The molecule has 32 heavy (non-hydrogen) atoms. The summed E-state index contributed by atoms with van der Waals surface area (Å²) in [4.78, 5) is 14.3. The van der Waals surface area contributed by atoms with Crippen LogP contribution in [0.2, 0.25) is 0 Å². The molecule has 1 aromatic carbocycles. The molecule has 0 spiro atoms. The van der Waals surface area contributed by atoms with Gasteiger partial charge in [-0.2, -0.15) is 4.39 Å². The average molecular weight is 513 g/mol. The molecule has 6 nitrogen and oxygen atoms in total. The number of carboxylic acid groups (broad SMARTS) is 1. The van der Waals surface area contributed by atoms with Gasteiger partial charge in [0.1, 0.15) is 11.6 Å². The van der Waals surface area contributed by atoms with Crippen LogP contribution in [0.15, 0.2) is 24.3 Å². The zero-order valence-electron chi connectivity index (χ0n) is 18.0. The van der Waals surface area contributed by atoms with E-state index in [0.29, 0.717) is 48.8 Å². The van der Waals surface area contributed by atoms with E-state index in [1.54, 1.807) is 19.1 Å². The normalized spacial score (nSPS) is 13.3. The second-order valence-corrected chi connectivity index (χ2v) is 8.87. The molecule has 0 amide bonds. The number of anilines is 2. The number of hydrogen-bond acceptors (Lipinski definition) is 5. The van der Waals surface area contributed by atoms with Crippen LogP contribution in [0, 0.1) is 18.7 Å². The first-order valence-electron chi connectivity index (χ1n) is 9.84. The molecule has 0 saturated carbocycles. The third kappa shape index (κ3) is 8.94. The van der Waals surface area contributed by atoms with Crippen molar-refractivity contribution in [2.45, 2.75) is 24.6 Å². The van der Waals surface area contributed by atoms with Crippen molar-refractivity contribution in [2.75, 3.05) is 43.1 Å². The summed E-state index contributed by atoms with van der Waals surface area (Å²) in [6.45, 7) is 7.83. The topological polar surface area (TPSA) is 74.7 Å². The predicted molar refractivity (Wildman–Crippen MR) is 126 cm³/mol. The summed E-state index contributed by atoms with van der Waals surface area (Å²) in [5.74, 6) is -0.560. The molecule has 178 valence electrons. The Hall–Kier alpha value is -1.87. The number of halogens is 5. The molecule has 0 radical (unpaired) electrons. The Morgan fingerprint density at radius 2 is 1.78 bits per heavy atom. The van der Waals surface area contributed by atoms with Crippen LogP contribution >= 0.6 is 34.8 Å². The van der Waals surface area contributed by atoms with E-state index in [1.807, 2.05) is 18.7 Å². The van der Waals surface area contributed by atoms with Crippen LogP contribution in [0.5, 0.6) is 0 Å². The van der Waals surface area contributed by atoms with Crippen LogP contribution in [-0.2, 0) is 9.53 Å². The summed E-state index contributed by atoms with van der Waals surface area (Å²) in [5, 5.41) is 9.66. The van der Waals surface area contributed by atoms with Gasteiger partial charge in [0.2, 0.25) is 9.74 Å². The molecule has 1 fully saturated rings. The van der Waals surface area contributed by atoms with Crippen molar-refractivity contribution < 1.29 is 23.4 Å². The van der Waals surface area contributed by atoms with Crippen molar-refractivity contribution in [1.29, 1.82) is 0 Å². The summed E-state index contributed by atoms with van der Waals surface area (Å²) < 4.78 is 32.2. The van der Waals surface area contributed by atoms with E-state index in [0.717, 1.165) is 0 Å². The van der Waals surface area contributed by atoms with Crippen LogP contribution in [0.4, 0.5) is 20.3 Å². The smallest absolute Gasteiger partial charge is 0.290 e. The summed E-state index contributed by atoms with van der Waals surface area (Å²) in [5.41, 5.74) is 2.09. The number of pyridine rings is 1. The number of nitrogens with one attached hydrogen (secondary N) is 1. The van der Waals surface area contributed by atoms with Gasteiger partial charge in [0.25, 0.3) is 6.47 Å². The van der Waals surface area contributed by atoms with Crippen LogP contribution in [-0.4, -0.2) is 53.2 Å². The number of aryl methyl sites for hydroxylation is 1. The number of alkyl halides is 3. The van der Waals surface area contributed by atoms with Gasteiger partial charge in [0.05, 0.1) is 25.4 Å². The highest BCUT2D eigenvalue weighted by atomic mass is 35.6. The number of rotatable bonds is 4. The average Bonchev–Trinajstić information content (AvgIpc) is 2.74. The number of ether oxygens (including phenoxy) is 1. The highest BCUT2D eigenvalue weighted by Gasteiger charge is 2.21. The molecule has 11 heteroatoms. The number of benzene rings is 1. The lowest BCUT2D eigenvalue weighted by Gasteiger charge is -2.28. The number of morpholine rings is 1.